The molecule has 0 aliphatic rings. The van der Waals surface area contributed by atoms with Crippen LogP contribution in [0.1, 0.15) is 22.5 Å². The average molecular weight is 334 g/mol. The van der Waals surface area contributed by atoms with Crippen LogP contribution in [0.25, 0.3) is 0 Å². The van der Waals surface area contributed by atoms with Gasteiger partial charge in [0.15, 0.2) is 0 Å². The lowest BCUT2D eigenvalue weighted by molar-refractivity contribution is 0.304. The minimum absolute atomic E-state index is 0.0304. The van der Waals surface area contributed by atoms with Crippen molar-refractivity contribution in [3.05, 3.63) is 57.3 Å². The van der Waals surface area contributed by atoms with E-state index in [2.05, 4.69) is 20.9 Å². The Morgan fingerprint density at radius 2 is 2.05 bits per heavy atom. The number of aromatic nitrogens is 1. The number of hydrogen-bond donors (Lipinski definition) is 2. The molecule has 1 heterocycles. The summed E-state index contributed by atoms with van der Waals surface area (Å²) < 4.78 is 6.83. The number of aryl methyl sites for hydroxylation is 2. The summed E-state index contributed by atoms with van der Waals surface area (Å²) in [6, 6.07) is 9.67. The van der Waals surface area contributed by atoms with Gasteiger partial charge in [-0.3, -0.25) is 10.4 Å². The SMILES string of the molecule is Cc1cc(OCc2ccccc2Br)c(C(=N)N)c(C)n1. The van der Waals surface area contributed by atoms with Gasteiger partial charge in [-0.2, -0.15) is 0 Å². The van der Waals surface area contributed by atoms with Crippen LogP contribution in [-0.2, 0) is 6.61 Å². The second-order valence-electron chi connectivity index (χ2n) is 4.52. The molecule has 0 radical (unpaired) electrons. The molecule has 2 rings (SSSR count). The Morgan fingerprint density at radius 1 is 1.35 bits per heavy atom. The molecule has 5 heteroatoms. The van der Waals surface area contributed by atoms with Gasteiger partial charge in [0.25, 0.3) is 0 Å². The molecule has 0 atom stereocenters. The Bertz CT molecular complexity index is 656. The fourth-order valence-corrected chi connectivity index (χ4v) is 2.40. The van der Waals surface area contributed by atoms with Gasteiger partial charge in [0, 0.05) is 21.8 Å². The fraction of sp³-hybridized carbons (Fsp3) is 0.200. The Labute approximate surface area is 126 Å². The third-order valence-electron chi connectivity index (χ3n) is 2.90. The Hall–Kier alpha value is -1.88. The van der Waals surface area contributed by atoms with Crippen LogP contribution in [0.3, 0.4) is 0 Å². The van der Waals surface area contributed by atoms with Crippen molar-refractivity contribution in [2.75, 3.05) is 0 Å². The lowest BCUT2D eigenvalue weighted by atomic mass is 10.1. The molecule has 3 N–H and O–H groups in total. The van der Waals surface area contributed by atoms with Crippen LogP contribution in [0.4, 0.5) is 0 Å². The zero-order valence-corrected chi connectivity index (χ0v) is 13.0. The quantitative estimate of drug-likeness (QED) is 0.665. The van der Waals surface area contributed by atoms with Crippen molar-refractivity contribution in [3.63, 3.8) is 0 Å². The number of ether oxygens (including phenoxy) is 1. The zero-order valence-electron chi connectivity index (χ0n) is 11.4. The normalized spacial score (nSPS) is 10.3. The molecule has 0 fully saturated rings. The highest BCUT2D eigenvalue weighted by atomic mass is 79.9. The van der Waals surface area contributed by atoms with E-state index < -0.39 is 0 Å². The van der Waals surface area contributed by atoms with Crippen molar-refractivity contribution in [2.45, 2.75) is 20.5 Å². The maximum Gasteiger partial charge on any atom is 0.134 e. The molecule has 20 heavy (non-hydrogen) atoms. The minimum Gasteiger partial charge on any atom is -0.488 e. The summed E-state index contributed by atoms with van der Waals surface area (Å²) in [6.45, 7) is 4.13. The van der Waals surface area contributed by atoms with Gasteiger partial charge < -0.3 is 10.5 Å². The molecule has 4 nitrogen and oxygen atoms in total. The van der Waals surface area contributed by atoms with Crippen LogP contribution in [0.5, 0.6) is 5.75 Å². The van der Waals surface area contributed by atoms with E-state index >= 15 is 0 Å². The monoisotopic (exact) mass is 333 g/mol. The molecule has 0 bridgehead atoms. The lowest BCUT2D eigenvalue weighted by Gasteiger charge is -2.14. The van der Waals surface area contributed by atoms with Crippen molar-refractivity contribution < 1.29 is 4.74 Å². The maximum atomic E-state index is 7.66. The number of pyridine rings is 1. The lowest BCUT2D eigenvalue weighted by Crippen LogP contribution is -2.16. The van der Waals surface area contributed by atoms with Crippen LogP contribution < -0.4 is 10.5 Å². The first-order valence-corrected chi connectivity index (χ1v) is 6.97. The third kappa shape index (κ3) is 3.17. The van der Waals surface area contributed by atoms with Crippen LogP contribution in [-0.4, -0.2) is 10.8 Å². The molecule has 0 spiro atoms. The second-order valence-corrected chi connectivity index (χ2v) is 5.37. The van der Waals surface area contributed by atoms with Gasteiger partial charge in [-0.25, -0.2) is 0 Å². The molecular formula is C15H16BrN3O. The minimum atomic E-state index is -0.0304. The molecule has 2 aromatic rings. The predicted octanol–water partition coefficient (Wildman–Crippen LogP) is 3.32. The molecule has 0 saturated carbocycles. The van der Waals surface area contributed by atoms with Gasteiger partial charge >= 0.3 is 0 Å². The highest BCUT2D eigenvalue weighted by Gasteiger charge is 2.13. The Balaban J connectivity index is 2.30. The number of amidine groups is 1. The number of hydrogen-bond acceptors (Lipinski definition) is 3. The smallest absolute Gasteiger partial charge is 0.134 e. The summed E-state index contributed by atoms with van der Waals surface area (Å²) in [7, 11) is 0. The van der Waals surface area contributed by atoms with E-state index in [-0.39, 0.29) is 5.84 Å². The molecule has 0 aliphatic heterocycles. The van der Waals surface area contributed by atoms with E-state index in [4.69, 9.17) is 15.9 Å². The summed E-state index contributed by atoms with van der Waals surface area (Å²) in [5, 5.41) is 7.66. The van der Waals surface area contributed by atoms with Gasteiger partial charge in [0.05, 0.1) is 11.3 Å². The topological polar surface area (TPSA) is 72.0 Å². The van der Waals surface area contributed by atoms with E-state index in [1.807, 2.05) is 38.1 Å². The molecule has 104 valence electrons. The number of rotatable bonds is 4. The zero-order chi connectivity index (χ0) is 14.7. The third-order valence-corrected chi connectivity index (χ3v) is 3.68. The first kappa shape index (κ1) is 14.5. The summed E-state index contributed by atoms with van der Waals surface area (Å²) >= 11 is 3.49. The van der Waals surface area contributed by atoms with E-state index in [1.54, 1.807) is 6.07 Å². The first-order chi connectivity index (χ1) is 9.49. The number of nitrogens with zero attached hydrogens (tertiary/aromatic N) is 1. The number of nitrogen functional groups attached to an aromatic ring is 1. The van der Waals surface area contributed by atoms with Gasteiger partial charge in [-0.15, -0.1) is 0 Å². The highest BCUT2D eigenvalue weighted by molar-refractivity contribution is 9.10. The predicted molar refractivity (Wildman–Crippen MR) is 83.2 cm³/mol. The van der Waals surface area contributed by atoms with E-state index in [9.17, 15) is 0 Å². The van der Waals surface area contributed by atoms with E-state index in [0.717, 1.165) is 15.7 Å². The number of halogens is 1. The van der Waals surface area contributed by atoms with Gasteiger partial charge in [-0.05, 0) is 19.9 Å². The van der Waals surface area contributed by atoms with E-state index in [0.29, 0.717) is 23.6 Å². The van der Waals surface area contributed by atoms with Gasteiger partial charge in [0.2, 0.25) is 0 Å². The fourth-order valence-electron chi connectivity index (χ4n) is 2.01. The second kappa shape index (κ2) is 6.05. The first-order valence-electron chi connectivity index (χ1n) is 6.18. The van der Waals surface area contributed by atoms with Crippen LogP contribution in [0, 0.1) is 19.3 Å². The number of nitrogens with one attached hydrogen (secondary N) is 1. The van der Waals surface area contributed by atoms with Crippen LogP contribution in [0.15, 0.2) is 34.8 Å². The van der Waals surface area contributed by atoms with Crippen molar-refractivity contribution in [2.24, 2.45) is 5.73 Å². The molecule has 1 aromatic heterocycles. The Morgan fingerprint density at radius 3 is 2.70 bits per heavy atom. The summed E-state index contributed by atoms with van der Waals surface area (Å²) in [5.41, 5.74) is 8.76. The summed E-state index contributed by atoms with van der Waals surface area (Å²) in [6.07, 6.45) is 0. The van der Waals surface area contributed by atoms with Crippen LogP contribution in [0.2, 0.25) is 0 Å². The molecule has 0 aliphatic carbocycles. The Kier molecular flexibility index (Phi) is 4.39. The maximum absolute atomic E-state index is 7.66. The van der Waals surface area contributed by atoms with Gasteiger partial charge in [0.1, 0.15) is 18.2 Å². The van der Waals surface area contributed by atoms with Crippen molar-refractivity contribution in [1.82, 2.24) is 4.98 Å². The van der Waals surface area contributed by atoms with Crippen LogP contribution >= 0.6 is 15.9 Å². The van der Waals surface area contributed by atoms with Gasteiger partial charge in [-0.1, -0.05) is 34.1 Å². The van der Waals surface area contributed by atoms with Crippen molar-refractivity contribution in [3.8, 4) is 5.75 Å². The average Bonchev–Trinajstić information content (AvgIpc) is 2.36. The summed E-state index contributed by atoms with van der Waals surface area (Å²) in [5.74, 6) is 0.565. The largest absolute Gasteiger partial charge is 0.488 e. The standard InChI is InChI=1S/C15H16BrN3O/c1-9-7-13(14(15(17)18)10(2)19-9)20-8-11-5-3-4-6-12(11)16/h3-7H,8H2,1-2H3,(H3,17,18). The molecular weight excluding hydrogens is 318 g/mol. The molecule has 0 unspecified atom stereocenters. The number of benzene rings is 1. The number of nitrogens with two attached hydrogens (primary N) is 1. The van der Waals surface area contributed by atoms with Crippen molar-refractivity contribution in [1.29, 1.82) is 5.41 Å². The van der Waals surface area contributed by atoms with E-state index in [1.165, 1.54) is 0 Å². The highest BCUT2D eigenvalue weighted by Crippen LogP contribution is 2.24. The van der Waals surface area contributed by atoms with Crippen molar-refractivity contribution >= 4 is 21.8 Å². The summed E-state index contributed by atoms with van der Waals surface area (Å²) in [4.78, 5) is 4.32. The molecule has 0 saturated heterocycles. The molecule has 0 amide bonds. The molecule has 1 aromatic carbocycles.